The van der Waals surface area contributed by atoms with Crippen LogP contribution >= 0.6 is 12.2 Å². The molecule has 1 heterocycles. The summed E-state index contributed by atoms with van der Waals surface area (Å²) in [5, 5.41) is 2.79. The molecule has 0 saturated carbocycles. The van der Waals surface area contributed by atoms with E-state index >= 15 is 0 Å². The predicted molar refractivity (Wildman–Crippen MR) is 61.8 cm³/mol. The van der Waals surface area contributed by atoms with E-state index < -0.39 is 0 Å². The highest BCUT2D eigenvalue weighted by Gasteiger charge is 2.20. The molecule has 0 unspecified atom stereocenters. The minimum atomic E-state index is -0.359. The number of alkyl carbamates (subject to hydrolysis) is 1. The molecule has 0 aliphatic carbocycles. The van der Waals surface area contributed by atoms with Crippen molar-refractivity contribution in [1.82, 2.24) is 10.2 Å². The lowest BCUT2D eigenvalue weighted by molar-refractivity contribution is 0.155. The van der Waals surface area contributed by atoms with Crippen LogP contribution < -0.4 is 11.1 Å². The average molecular weight is 231 g/mol. The molecule has 1 aliphatic heterocycles. The number of rotatable bonds is 3. The quantitative estimate of drug-likeness (QED) is 0.674. The second kappa shape index (κ2) is 5.87. The van der Waals surface area contributed by atoms with Crippen molar-refractivity contribution in [2.24, 2.45) is 5.73 Å². The number of hydrogen-bond donors (Lipinski definition) is 2. The number of carbonyl (C=O) groups excluding carboxylic acids is 1. The summed E-state index contributed by atoms with van der Waals surface area (Å²) in [6.45, 7) is 2.48. The normalized spacial score (nSPS) is 18.5. The molecule has 0 aromatic carbocycles. The number of carbonyl (C=O) groups is 1. The van der Waals surface area contributed by atoms with Gasteiger partial charge in [-0.3, -0.25) is 4.90 Å². The summed E-state index contributed by atoms with van der Waals surface area (Å²) in [5.41, 5.74) is 5.46. The van der Waals surface area contributed by atoms with Crippen LogP contribution in [0.1, 0.15) is 12.8 Å². The number of hydrogen-bond acceptors (Lipinski definition) is 4. The fourth-order valence-corrected chi connectivity index (χ4v) is 1.86. The Hall–Kier alpha value is -0.880. The van der Waals surface area contributed by atoms with Crippen LogP contribution in [0.4, 0.5) is 4.79 Å². The van der Waals surface area contributed by atoms with Gasteiger partial charge < -0.3 is 15.8 Å². The highest BCUT2D eigenvalue weighted by molar-refractivity contribution is 7.80. The van der Waals surface area contributed by atoms with Gasteiger partial charge in [0.1, 0.15) is 0 Å². The maximum Gasteiger partial charge on any atom is 0.407 e. The van der Waals surface area contributed by atoms with Crippen molar-refractivity contribution in [2.45, 2.75) is 18.9 Å². The molecule has 1 amide bonds. The van der Waals surface area contributed by atoms with Crippen LogP contribution in [0.5, 0.6) is 0 Å². The molecule has 1 saturated heterocycles. The van der Waals surface area contributed by atoms with E-state index in [4.69, 9.17) is 18.0 Å². The molecule has 3 N–H and O–H groups in total. The van der Waals surface area contributed by atoms with Gasteiger partial charge >= 0.3 is 6.09 Å². The summed E-state index contributed by atoms with van der Waals surface area (Å²) >= 11 is 4.84. The van der Waals surface area contributed by atoms with Gasteiger partial charge in [0.05, 0.1) is 12.1 Å². The van der Waals surface area contributed by atoms with Crippen LogP contribution in [0.3, 0.4) is 0 Å². The number of amides is 1. The molecule has 0 radical (unpaired) electrons. The van der Waals surface area contributed by atoms with E-state index in [1.165, 1.54) is 7.11 Å². The zero-order valence-electron chi connectivity index (χ0n) is 8.86. The number of methoxy groups -OCH3 is 1. The Morgan fingerprint density at radius 1 is 1.60 bits per heavy atom. The summed E-state index contributed by atoms with van der Waals surface area (Å²) in [6.07, 6.45) is 1.47. The number of ether oxygens (including phenoxy) is 1. The van der Waals surface area contributed by atoms with Gasteiger partial charge in [-0.1, -0.05) is 12.2 Å². The first-order valence-electron chi connectivity index (χ1n) is 4.97. The molecule has 0 spiro atoms. The third-order valence-electron chi connectivity index (χ3n) is 2.47. The van der Waals surface area contributed by atoms with Crippen LogP contribution in [0.25, 0.3) is 0 Å². The van der Waals surface area contributed by atoms with E-state index in [1.807, 2.05) is 0 Å². The topological polar surface area (TPSA) is 67.6 Å². The number of thiocarbonyl (C=S) groups is 1. The average Bonchev–Trinajstić information content (AvgIpc) is 2.20. The molecule has 0 aromatic heterocycles. The van der Waals surface area contributed by atoms with Gasteiger partial charge in [0, 0.05) is 25.7 Å². The molecule has 5 nitrogen and oxygen atoms in total. The van der Waals surface area contributed by atoms with Gasteiger partial charge in [0.2, 0.25) is 0 Å². The lowest BCUT2D eigenvalue weighted by atomic mass is 10.1. The molecular formula is C9H17N3O2S. The highest BCUT2D eigenvalue weighted by Crippen LogP contribution is 2.09. The van der Waals surface area contributed by atoms with Crippen LogP contribution in [0.15, 0.2) is 0 Å². The highest BCUT2D eigenvalue weighted by atomic mass is 32.1. The van der Waals surface area contributed by atoms with Crippen molar-refractivity contribution in [1.29, 1.82) is 0 Å². The summed E-state index contributed by atoms with van der Waals surface area (Å²) in [4.78, 5) is 13.7. The van der Waals surface area contributed by atoms with Gasteiger partial charge in [-0.25, -0.2) is 4.79 Å². The number of piperidine rings is 1. The monoisotopic (exact) mass is 231 g/mol. The molecule has 1 rings (SSSR count). The second-order valence-electron chi connectivity index (χ2n) is 3.65. The summed E-state index contributed by atoms with van der Waals surface area (Å²) in [6, 6.07) is 0.208. The summed E-state index contributed by atoms with van der Waals surface area (Å²) < 4.78 is 4.54. The second-order valence-corrected chi connectivity index (χ2v) is 4.18. The van der Waals surface area contributed by atoms with Crippen molar-refractivity contribution >= 4 is 23.3 Å². The first-order chi connectivity index (χ1) is 7.11. The van der Waals surface area contributed by atoms with Crippen molar-refractivity contribution in [3.05, 3.63) is 0 Å². The SMILES string of the molecule is COC(=O)NC1CCN(CC(N)=S)CC1. The van der Waals surface area contributed by atoms with Gasteiger partial charge in [-0.2, -0.15) is 0 Å². The van der Waals surface area contributed by atoms with E-state index in [2.05, 4.69) is 15.0 Å². The lowest BCUT2D eigenvalue weighted by Gasteiger charge is -2.31. The third kappa shape index (κ3) is 4.44. The molecule has 86 valence electrons. The maximum absolute atomic E-state index is 11.0. The zero-order chi connectivity index (χ0) is 11.3. The minimum Gasteiger partial charge on any atom is -0.453 e. The van der Waals surface area contributed by atoms with E-state index in [0.717, 1.165) is 25.9 Å². The van der Waals surface area contributed by atoms with Crippen LogP contribution in [0, 0.1) is 0 Å². The predicted octanol–water partition coefficient (Wildman–Crippen LogP) is 0.0929. The molecular weight excluding hydrogens is 214 g/mol. The van der Waals surface area contributed by atoms with E-state index in [1.54, 1.807) is 0 Å². The number of nitrogens with two attached hydrogens (primary N) is 1. The zero-order valence-corrected chi connectivity index (χ0v) is 9.68. The van der Waals surface area contributed by atoms with E-state index in [-0.39, 0.29) is 12.1 Å². The Labute approximate surface area is 94.9 Å². The third-order valence-corrected chi connectivity index (χ3v) is 2.60. The van der Waals surface area contributed by atoms with Crippen LogP contribution in [-0.2, 0) is 4.74 Å². The van der Waals surface area contributed by atoms with Gasteiger partial charge in [0.25, 0.3) is 0 Å². The lowest BCUT2D eigenvalue weighted by Crippen LogP contribution is -2.46. The first-order valence-corrected chi connectivity index (χ1v) is 5.37. The first kappa shape index (κ1) is 12.2. The number of likely N-dealkylation sites (tertiary alicyclic amines) is 1. The van der Waals surface area contributed by atoms with Gasteiger partial charge in [0.15, 0.2) is 0 Å². The van der Waals surface area contributed by atoms with Crippen molar-refractivity contribution < 1.29 is 9.53 Å². The largest absolute Gasteiger partial charge is 0.453 e. The number of nitrogens with zero attached hydrogens (tertiary/aromatic N) is 1. The Morgan fingerprint density at radius 3 is 2.67 bits per heavy atom. The van der Waals surface area contributed by atoms with E-state index in [0.29, 0.717) is 11.5 Å². The van der Waals surface area contributed by atoms with E-state index in [9.17, 15) is 4.79 Å². The van der Waals surface area contributed by atoms with Gasteiger partial charge in [-0.15, -0.1) is 0 Å². The van der Waals surface area contributed by atoms with Crippen LogP contribution in [0.2, 0.25) is 0 Å². The standard InChI is InChI=1S/C9H17N3O2S/c1-14-9(13)11-7-2-4-12(5-3-7)6-8(10)15/h7H,2-6H2,1H3,(H2,10,15)(H,11,13). The minimum absolute atomic E-state index is 0.208. The summed E-state index contributed by atoms with van der Waals surface area (Å²) in [7, 11) is 1.37. The maximum atomic E-state index is 11.0. The summed E-state index contributed by atoms with van der Waals surface area (Å²) in [5.74, 6) is 0. The molecule has 1 fully saturated rings. The Kier molecular flexibility index (Phi) is 4.77. The Morgan fingerprint density at radius 2 is 2.20 bits per heavy atom. The molecule has 0 bridgehead atoms. The Bertz CT molecular complexity index is 240. The van der Waals surface area contributed by atoms with Gasteiger partial charge in [-0.05, 0) is 12.8 Å². The van der Waals surface area contributed by atoms with Crippen molar-refractivity contribution in [2.75, 3.05) is 26.7 Å². The molecule has 0 atom stereocenters. The fraction of sp³-hybridized carbons (Fsp3) is 0.778. The Balaban J connectivity index is 2.23. The number of nitrogens with one attached hydrogen (secondary N) is 1. The smallest absolute Gasteiger partial charge is 0.407 e. The molecule has 15 heavy (non-hydrogen) atoms. The van der Waals surface area contributed by atoms with Crippen LogP contribution in [-0.4, -0.2) is 48.8 Å². The molecule has 0 aromatic rings. The van der Waals surface area contributed by atoms with Crippen molar-refractivity contribution in [3.63, 3.8) is 0 Å². The fourth-order valence-electron chi connectivity index (χ4n) is 1.68. The molecule has 6 heteroatoms. The van der Waals surface area contributed by atoms with Crippen molar-refractivity contribution in [3.8, 4) is 0 Å². The molecule has 1 aliphatic rings.